The van der Waals surface area contributed by atoms with Gasteiger partial charge in [-0.2, -0.15) is 14.9 Å². The minimum absolute atomic E-state index is 0.305. The Balaban J connectivity index is 1.93. The van der Waals surface area contributed by atoms with Crippen LogP contribution < -0.4 is 9.47 Å². The molecule has 29 heavy (non-hydrogen) atoms. The van der Waals surface area contributed by atoms with E-state index < -0.39 is 0 Å². The van der Waals surface area contributed by atoms with E-state index in [0.29, 0.717) is 35.1 Å². The van der Waals surface area contributed by atoms with Crippen molar-refractivity contribution < 1.29 is 13.9 Å². The number of benzene rings is 2. The van der Waals surface area contributed by atoms with Gasteiger partial charge in [0.05, 0.1) is 19.4 Å². The van der Waals surface area contributed by atoms with Gasteiger partial charge in [-0.3, -0.25) is 0 Å². The molecule has 1 N–H and O–H groups in total. The highest BCUT2D eigenvalue weighted by Gasteiger charge is 2.10. The van der Waals surface area contributed by atoms with Gasteiger partial charge in [0.15, 0.2) is 5.82 Å². The number of hydrogen-bond donors (Lipinski definition) is 1. The average Bonchev–Trinajstić information content (AvgIpc) is 3.10. The SMILES string of the molecule is CCCOc1ccc(/C=N\n2c(-c3cccc(F)c3)n[nH]c2=S)c(OCCC)c1. The Bertz CT molecular complexity index is 1050. The summed E-state index contributed by atoms with van der Waals surface area (Å²) in [6.07, 6.45) is 3.45. The Morgan fingerprint density at radius 3 is 2.69 bits per heavy atom. The standard InChI is InChI=1S/C21H23FN4O2S/c1-3-10-27-18-9-8-16(19(13-18)28-11-4-2)14-23-26-20(24-25-21(26)29)15-6-5-7-17(22)12-15/h5-9,12-14H,3-4,10-11H2,1-2H3,(H,25,29)/b23-14-. The normalized spacial score (nSPS) is 11.1. The van der Waals surface area contributed by atoms with Crippen LogP contribution in [0.2, 0.25) is 0 Å². The van der Waals surface area contributed by atoms with Gasteiger partial charge in [0.25, 0.3) is 0 Å². The maximum absolute atomic E-state index is 13.6. The van der Waals surface area contributed by atoms with Gasteiger partial charge in [-0.25, -0.2) is 9.49 Å². The second-order valence-corrected chi connectivity index (χ2v) is 6.70. The summed E-state index contributed by atoms with van der Waals surface area (Å²) in [7, 11) is 0. The Morgan fingerprint density at radius 2 is 1.93 bits per heavy atom. The van der Waals surface area contributed by atoms with E-state index in [1.807, 2.05) is 25.1 Å². The summed E-state index contributed by atoms with van der Waals surface area (Å²) in [4.78, 5) is 0. The number of halogens is 1. The molecule has 3 rings (SSSR count). The lowest BCUT2D eigenvalue weighted by Crippen LogP contribution is -2.02. The third-order valence-corrected chi connectivity index (χ3v) is 4.23. The molecule has 0 atom stereocenters. The van der Waals surface area contributed by atoms with Crippen LogP contribution in [0, 0.1) is 10.6 Å². The van der Waals surface area contributed by atoms with Crippen LogP contribution in [0.15, 0.2) is 47.6 Å². The summed E-state index contributed by atoms with van der Waals surface area (Å²) in [5.74, 6) is 1.48. The predicted octanol–water partition coefficient (Wildman–Crippen LogP) is 5.21. The zero-order chi connectivity index (χ0) is 20.6. The molecular formula is C21H23FN4O2S. The number of aromatic nitrogens is 3. The molecule has 0 bridgehead atoms. The van der Waals surface area contributed by atoms with Crippen molar-refractivity contribution in [2.75, 3.05) is 13.2 Å². The maximum Gasteiger partial charge on any atom is 0.216 e. The first-order valence-electron chi connectivity index (χ1n) is 9.49. The molecule has 0 aliphatic carbocycles. The van der Waals surface area contributed by atoms with Gasteiger partial charge < -0.3 is 9.47 Å². The van der Waals surface area contributed by atoms with Gasteiger partial charge in [-0.1, -0.05) is 26.0 Å². The van der Waals surface area contributed by atoms with E-state index in [1.165, 1.54) is 16.8 Å². The lowest BCUT2D eigenvalue weighted by atomic mass is 10.2. The molecule has 0 radical (unpaired) electrons. The highest BCUT2D eigenvalue weighted by Crippen LogP contribution is 2.25. The molecule has 2 aromatic carbocycles. The predicted molar refractivity (Wildman–Crippen MR) is 114 cm³/mol. The minimum Gasteiger partial charge on any atom is -0.493 e. The number of ether oxygens (including phenoxy) is 2. The monoisotopic (exact) mass is 414 g/mol. The maximum atomic E-state index is 13.6. The number of aromatic amines is 1. The van der Waals surface area contributed by atoms with Gasteiger partial charge in [-0.05, 0) is 49.3 Å². The van der Waals surface area contributed by atoms with Gasteiger partial charge >= 0.3 is 0 Å². The smallest absolute Gasteiger partial charge is 0.216 e. The molecule has 152 valence electrons. The molecule has 1 aromatic heterocycles. The second-order valence-electron chi connectivity index (χ2n) is 6.32. The molecule has 1 heterocycles. The van der Waals surface area contributed by atoms with Crippen molar-refractivity contribution in [1.82, 2.24) is 14.9 Å². The molecule has 3 aromatic rings. The number of nitrogens with zero attached hydrogens (tertiary/aromatic N) is 3. The van der Waals surface area contributed by atoms with Crippen LogP contribution >= 0.6 is 12.2 Å². The molecule has 0 saturated heterocycles. The zero-order valence-corrected chi connectivity index (χ0v) is 17.2. The first-order valence-corrected chi connectivity index (χ1v) is 9.90. The fourth-order valence-electron chi connectivity index (χ4n) is 2.60. The van der Waals surface area contributed by atoms with Gasteiger partial charge in [-0.15, -0.1) is 0 Å². The summed E-state index contributed by atoms with van der Waals surface area (Å²) in [5.41, 5.74) is 1.34. The summed E-state index contributed by atoms with van der Waals surface area (Å²) < 4.78 is 26.9. The molecule has 0 unspecified atom stereocenters. The third-order valence-electron chi connectivity index (χ3n) is 3.97. The fraction of sp³-hybridized carbons (Fsp3) is 0.286. The minimum atomic E-state index is -0.357. The van der Waals surface area contributed by atoms with E-state index >= 15 is 0 Å². The highest BCUT2D eigenvalue weighted by atomic mass is 32.1. The van der Waals surface area contributed by atoms with Crippen molar-refractivity contribution in [3.8, 4) is 22.9 Å². The van der Waals surface area contributed by atoms with Crippen LogP contribution in [0.4, 0.5) is 4.39 Å². The largest absolute Gasteiger partial charge is 0.493 e. The van der Waals surface area contributed by atoms with E-state index in [-0.39, 0.29) is 5.82 Å². The molecule has 6 nitrogen and oxygen atoms in total. The summed E-state index contributed by atoms with van der Waals surface area (Å²) in [6.45, 7) is 5.32. The van der Waals surface area contributed by atoms with Gasteiger partial charge in [0, 0.05) is 17.2 Å². The summed E-state index contributed by atoms with van der Waals surface area (Å²) in [6, 6.07) is 11.7. The van der Waals surface area contributed by atoms with E-state index in [9.17, 15) is 4.39 Å². The second kappa shape index (κ2) is 9.97. The first-order chi connectivity index (χ1) is 14.1. The van der Waals surface area contributed by atoms with Crippen LogP contribution in [0.25, 0.3) is 11.4 Å². The number of H-pyrrole nitrogens is 1. The summed E-state index contributed by atoms with van der Waals surface area (Å²) in [5, 5.41) is 11.3. The van der Waals surface area contributed by atoms with Crippen molar-refractivity contribution >= 4 is 18.4 Å². The van der Waals surface area contributed by atoms with E-state index in [1.54, 1.807) is 18.3 Å². The number of hydrogen-bond acceptors (Lipinski definition) is 5. The topological polar surface area (TPSA) is 64.4 Å². The Hall–Kier alpha value is -3.00. The van der Waals surface area contributed by atoms with E-state index in [0.717, 1.165) is 24.2 Å². The number of nitrogens with one attached hydrogen (secondary N) is 1. The van der Waals surface area contributed by atoms with Gasteiger partial charge in [0.2, 0.25) is 4.77 Å². The lowest BCUT2D eigenvalue weighted by Gasteiger charge is -2.11. The van der Waals surface area contributed by atoms with Crippen molar-refractivity contribution in [2.45, 2.75) is 26.7 Å². The molecular weight excluding hydrogens is 391 g/mol. The molecule has 0 aliphatic heterocycles. The zero-order valence-electron chi connectivity index (χ0n) is 16.4. The van der Waals surface area contributed by atoms with Crippen molar-refractivity contribution in [1.29, 1.82) is 0 Å². The highest BCUT2D eigenvalue weighted by molar-refractivity contribution is 7.71. The third kappa shape index (κ3) is 5.29. The van der Waals surface area contributed by atoms with Crippen LogP contribution in [0.1, 0.15) is 32.3 Å². The van der Waals surface area contributed by atoms with Crippen LogP contribution in [-0.2, 0) is 0 Å². The quantitative estimate of drug-likeness (QED) is 0.386. The van der Waals surface area contributed by atoms with E-state index in [4.69, 9.17) is 21.7 Å². The fourth-order valence-corrected chi connectivity index (χ4v) is 2.78. The molecule has 0 amide bonds. The van der Waals surface area contributed by atoms with Crippen molar-refractivity contribution in [2.24, 2.45) is 5.10 Å². The van der Waals surface area contributed by atoms with Crippen LogP contribution in [0.3, 0.4) is 0 Å². The van der Waals surface area contributed by atoms with Crippen LogP contribution in [-0.4, -0.2) is 34.3 Å². The Labute approximate surface area is 174 Å². The average molecular weight is 415 g/mol. The summed E-state index contributed by atoms with van der Waals surface area (Å²) >= 11 is 5.28. The molecule has 0 aliphatic rings. The molecule has 0 fully saturated rings. The lowest BCUT2D eigenvalue weighted by molar-refractivity contribution is 0.301. The Kier molecular flexibility index (Phi) is 7.13. The van der Waals surface area contributed by atoms with E-state index in [2.05, 4.69) is 22.2 Å². The van der Waals surface area contributed by atoms with Gasteiger partial charge in [0.1, 0.15) is 17.3 Å². The number of rotatable bonds is 9. The van der Waals surface area contributed by atoms with Crippen LogP contribution in [0.5, 0.6) is 11.5 Å². The molecule has 0 saturated carbocycles. The van der Waals surface area contributed by atoms with Crippen molar-refractivity contribution in [3.63, 3.8) is 0 Å². The first kappa shape index (κ1) is 20.7. The molecule has 8 heteroatoms. The van der Waals surface area contributed by atoms with Crippen molar-refractivity contribution in [3.05, 3.63) is 58.6 Å². The Morgan fingerprint density at radius 1 is 1.14 bits per heavy atom. The molecule has 0 spiro atoms.